The van der Waals surface area contributed by atoms with E-state index in [0.717, 1.165) is 40.4 Å². The predicted molar refractivity (Wildman–Crippen MR) is 110 cm³/mol. The topological polar surface area (TPSA) is 32.3 Å². The molecule has 0 atom stereocenters. The van der Waals surface area contributed by atoms with Crippen LogP contribution in [0.5, 0.6) is 5.75 Å². The van der Waals surface area contributed by atoms with E-state index >= 15 is 0 Å². The minimum atomic E-state index is 0.304. The van der Waals surface area contributed by atoms with Gasteiger partial charge in [0.15, 0.2) is 0 Å². The van der Waals surface area contributed by atoms with E-state index in [1.807, 2.05) is 20.0 Å². The van der Waals surface area contributed by atoms with Crippen molar-refractivity contribution in [3.63, 3.8) is 0 Å². The van der Waals surface area contributed by atoms with Crippen LogP contribution < -0.4 is 5.32 Å². The molecular formula is C24H23NO. The van der Waals surface area contributed by atoms with Crippen molar-refractivity contribution in [1.29, 1.82) is 0 Å². The zero-order valence-electron chi connectivity index (χ0n) is 15.2. The predicted octanol–water partition coefficient (Wildman–Crippen LogP) is 4.91. The fourth-order valence-corrected chi connectivity index (χ4v) is 3.20. The Bertz CT molecular complexity index is 1010. The lowest BCUT2D eigenvalue weighted by molar-refractivity contribution is 0.476. The summed E-state index contributed by atoms with van der Waals surface area (Å²) in [4.78, 5) is 0. The number of terminal acetylenes is 1. The van der Waals surface area contributed by atoms with Gasteiger partial charge in [-0.1, -0.05) is 54.5 Å². The first-order valence-corrected chi connectivity index (χ1v) is 8.77. The molecule has 2 nitrogen and oxygen atoms in total. The number of benzene rings is 3. The van der Waals surface area contributed by atoms with Crippen molar-refractivity contribution >= 4 is 16.3 Å². The fraction of sp³-hybridized carbons (Fsp3) is 0.167. The Labute approximate surface area is 155 Å². The van der Waals surface area contributed by atoms with Gasteiger partial charge < -0.3 is 10.4 Å². The second-order valence-corrected chi connectivity index (χ2v) is 6.46. The maximum absolute atomic E-state index is 9.58. The number of phenols is 1. The lowest BCUT2D eigenvalue weighted by atomic mass is 9.98. The van der Waals surface area contributed by atoms with Gasteiger partial charge in [-0.3, -0.25) is 0 Å². The van der Waals surface area contributed by atoms with Gasteiger partial charge in [-0.05, 0) is 64.9 Å². The summed E-state index contributed by atoms with van der Waals surface area (Å²) in [5, 5.41) is 14.9. The van der Waals surface area contributed by atoms with E-state index in [1.165, 1.54) is 11.1 Å². The standard InChI is InChI=1S/C24H23NO/c1-4-24(25-3)17(2)20-7-5-6-18(14-20)8-9-19-10-11-22-16-23(26)13-12-21(22)15-19/h1,5-7,10-16,25-26H,8-9H2,2-3H3/b24-17+. The first-order valence-electron chi connectivity index (χ1n) is 8.77. The molecule has 0 saturated carbocycles. The Morgan fingerprint density at radius 3 is 2.38 bits per heavy atom. The van der Waals surface area contributed by atoms with Gasteiger partial charge in [0.25, 0.3) is 0 Å². The number of phenolic OH excluding ortho intramolecular Hbond substituents is 1. The summed E-state index contributed by atoms with van der Waals surface area (Å²) >= 11 is 0. The smallest absolute Gasteiger partial charge is 0.116 e. The van der Waals surface area contributed by atoms with Gasteiger partial charge >= 0.3 is 0 Å². The summed E-state index contributed by atoms with van der Waals surface area (Å²) in [7, 11) is 1.85. The van der Waals surface area contributed by atoms with E-state index in [4.69, 9.17) is 6.42 Å². The van der Waals surface area contributed by atoms with Crippen molar-refractivity contribution in [3.05, 3.63) is 83.1 Å². The maximum Gasteiger partial charge on any atom is 0.116 e. The fourth-order valence-electron chi connectivity index (χ4n) is 3.20. The summed E-state index contributed by atoms with van der Waals surface area (Å²) in [6.45, 7) is 2.05. The number of allylic oxidation sites excluding steroid dienone is 2. The Morgan fingerprint density at radius 1 is 0.962 bits per heavy atom. The van der Waals surface area contributed by atoms with Crippen LogP contribution in [0.4, 0.5) is 0 Å². The monoisotopic (exact) mass is 341 g/mol. The first kappa shape index (κ1) is 17.6. The van der Waals surface area contributed by atoms with Gasteiger partial charge in [0, 0.05) is 7.05 Å². The quantitative estimate of drug-likeness (QED) is 0.646. The molecule has 0 unspecified atom stereocenters. The second-order valence-electron chi connectivity index (χ2n) is 6.46. The van der Waals surface area contributed by atoms with Crippen LogP contribution in [0.2, 0.25) is 0 Å². The molecule has 0 aliphatic heterocycles. The molecule has 3 aromatic carbocycles. The normalized spacial score (nSPS) is 11.7. The van der Waals surface area contributed by atoms with Crippen LogP contribution in [-0.4, -0.2) is 12.2 Å². The van der Waals surface area contributed by atoms with E-state index in [1.54, 1.807) is 12.1 Å². The summed E-state index contributed by atoms with van der Waals surface area (Å²) in [5.41, 5.74) is 5.64. The van der Waals surface area contributed by atoms with Crippen molar-refractivity contribution in [1.82, 2.24) is 5.32 Å². The highest BCUT2D eigenvalue weighted by atomic mass is 16.3. The third-order valence-corrected chi connectivity index (χ3v) is 4.72. The minimum absolute atomic E-state index is 0.304. The minimum Gasteiger partial charge on any atom is -0.508 e. The maximum atomic E-state index is 9.58. The number of aryl methyl sites for hydroxylation is 2. The third-order valence-electron chi connectivity index (χ3n) is 4.72. The molecule has 0 heterocycles. The molecule has 0 bridgehead atoms. The zero-order chi connectivity index (χ0) is 18.5. The van der Waals surface area contributed by atoms with Crippen LogP contribution in [-0.2, 0) is 12.8 Å². The van der Waals surface area contributed by atoms with Crippen LogP contribution in [0.3, 0.4) is 0 Å². The molecule has 0 spiro atoms. The van der Waals surface area contributed by atoms with Gasteiger partial charge in [0.05, 0.1) is 5.70 Å². The third kappa shape index (κ3) is 3.90. The summed E-state index contributed by atoms with van der Waals surface area (Å²) in [6, 6.07) is 20.4. The van der Waals surface area contributed by atoms with E-state index < -0.39 is 0 Å². The highest BCUT2D eigenvalue weighted by Crippen LogP contribution is 2.23. The lowest BCUT2D eigenvalue weighted by Crippen LogP contribution is -2.05. The molecule has 0 aliphatic rings. The number of aromatic hydroxyl groups is 1. The van der Waals surface area contributed by atoms with Gasteiger partial charge in [0.1, 0.15) is 5.75 Å². The van der Waals surface area contributed by atoms with Crippen LogP contribution in [0.25, 0.3) is 16.3 Å². The second kappa shape index (κ2) is 7.80. The average Bonchev–Trinajstić information content (AvgIpc) is 2.67. The molecule has 3 rings (SSSR count). The van der Waals surface area contributed by atoms with E-state index in [0.29, 0.717) is 5.75 Å². The van der Waals surface area contributed by atoms with Crippen molar-refractivity contribution in [3.8, 4) is 18.1 Å². The van der Waals surface area contributed by atoms with Crippen LogP contribution in [0.15, 0.2) is 66.4 Å². The number of nitrogens with one attached hydrogen (secondary N) is 1. The Kier molecular flexibility index (Phi) is 5.29. The van der Waals surface area contributed by atoms with E-state index in [2.05, 4.69) is 53.7 Å². The summed E-state index contributed by atoms with van der Waals surface area (Å²) < 4.78 is 0. The highest BCUT2D eigenvalue weighted by molar-refractivity contribution is 5.84. The van der Waals surface area contributed by atoms with Crippen molar-refractivity contribution in [2.75, 3.05) is 7.05 Å². The average molecular weight is 341 g/mol. The highest BCUT2D eigenvalue weighted by Gasteiger charge is 2.04. The lowest BCUT2D eigenvalue weighted by Gasteiger charge is -2.09. The molecule has 0 saturated heterocycles. The van der Waals surface area contributed by atoms with Gasteiger partial charge in [0.2, 0.25) is 0 Å². The summed E-state index contributed by atoms with van der Waals surface area (Å²) in [6.07, 6.45) is 7.50. The SMILES string of the molecule is C#C/C(NC)=C(/C)c1cccc(CCc2ccc3cc(O)ccc3c2)c1. The molecule has 2 N–H and O–H groups in total. The number of hydrogen-bond donors (Lipinski definition) is 2. The molecule has 3 aromatic rings. The molecule has 26 heavy (non-hydrogen) atoms. The van der Waals surface area contributed by atoms with Crippen LogP contribution in [0, 0.1) is 12.3 Å². The molecule has 0 fully saturated rings. The Morgan fingerprint density at radius 2 is 1.65 bits per heavy atom. The van der Waals surface area contributed by atoms with Gasteiger partial charge in [-0.15, -0.1) is 6.42 Å². The van der Waals surface area contributed by atoms with E-state index in [9.17, 15) is 5.11 Å². The van der Waals surface area contributed by atoms with Gasteiger partial charge in [-0.2, -0.15) is 0 Å². The zero-order valence-corrected chi connectivity index (χ0v) is 15.2. The molecule has 0 radical (unpaired) electrons. The number of fused-ring (bicyclic) bond motifs is 1. The molecule has 0 aliphatic carbocycles. The molecule has 0 aromatic heterocycles. The van der Waals surface area contributed by atoms with Gasteiger partial charge in [-0.25, -0.2) is 0 Å². The Hall–Kier alpha value is -3.18. The molecule has 2 heteroatoms. The number of hydrogen-bond acceptors (Lipinski definition) is 2. The van der Waals surface area contributed by atoms with Crippen LogP contribution >= 0.6 is 0 Å². The van der Waals surface area contributed by atoms with Crippen molar-refractivity contribution < 1.29 is 5.11 Å². The Balaban J connectivity index is 1.78. The van der Waals surface area contributed by atoms with Crippen molar-refractivity contribution in [2.45, 2.75) is 19.8 Å². The van der Waals surface area contributed by atoms with Crippen molar-refractivity contribution in [2.24, 2.45) is 0 Å². The first-order chi connectivity index (χ1) is 12.6. The van der Waals surface area contributed by atoms with Crippen LogP contribution in [0.1, 0.15) is 23.6 Å². The molecular weight excluding hydrogens is 318 g/mol. The summed E-state index contributed by atoms with van der Waals surface area (Å²) in [5.74, 6) is 3.00. The molecule has 130 valence electrons. The van der Waals surface area contributed by atoms with E-state index in [-0.39, 0.29) is 0 Å². The number of rotatable bonds is 5. The molecule has 0 amide bonds. The largest absolute Gasteiger partial charge is 0.508 e.